The number of hydrogen-bond acceptors (Lipinski definition) is 5. The maximum atomic E-state index is 12.2. The van der Waals surface area contributed by atoms with Gasteiger partial charge in [0.1, 0.15) is 0 Å². The number of fused-ring (bicyclic) bond motifs is 1. The van der Waals surface area contributed by atoms with E-state index in [0.717, 1.165) is 25.7 Å². The zero-order valence-electron chi connectivity index (χ0n) is 14.5. The molecular weight excluding hydrogens is 354 g/mol. The molecule has 0 aromatic carbocycles. The van der Waals surface area contributed by atoms with E-state index in [0.29, 0.717) is 10.8 Å². The third-order valence-corrected chi connectivity index (χ3v) is 5.69. The highest BCUT2D eigenvalue weighted by Gasteiger charge is 2.22. The number of furan rings is 1. The summed E-state index contributed by atoms with van der Waals surface area (Å²) in [6.45, 7) is 1.93. The van der Waals surface area contributed by atoms with Gasteiger partial charge in [0, 0.05) is 4.88 Å². The van der Waals surface area contributed by atoms with Crippen molar-refractivity contribution < 1.29 is 18.8 Å². The van der Waals surface area contributed by atoms with E-state index >= 15 is 0 Å². The second-order valence-corrected chi connectivity index (χ2v) is 7.38. The summed E-state index contributed by atoms with van der Waals surface area (Å²) in [5.41, 5.74) is 5.94. The van der Waals surface area contributed by atoms with Gasteiger partial charge in [-0.2, -0.15) is 0 Å². The summed E-state index contributed by atoms with van der Waals surface area (Å²) in [6.07, 6.45) is 5.71. The number of aryl methyl sites for hydroxylation is 1. The molecule has 3 amide bonds. The van der Waals surface area contributed by atoms with Gasteiger partial charge in [-0.1, -0.05) is 13.3 Å². The van der Waals surface area contributed by atoms with Crippen molar-refractivity contribution in [3.05, 3.63) is 45.5 Å². The predicted molar refractivity (Wildman–Crippen MR) is 96.8 cm³/mol. The molecule has 1 atom stereocenters. The first-order valence-corrected chi connectivity index (χ1v) is 9.41. The Kier molecular flexibility index (Phi) is 5.72. The molecular formula is C18H21N3O4S. The van der Waals surface area contributed by atoms with Gasteiger partial charge in [-0.15, -0.1) is 11.3 Å². The van der Waals surface area contributed by atoms with Crippen molar-refractivity contribution in [2.75, 3.05) is 6.54 Å². The van der Waals surface area contributed by atoms with Gasteiger partial charge in [-0.25, -0.2) is 0 Å². The van der Waals surface area contributed by atoms with Crippen LogP contribution in [-0.4, -0.2) is 24.3 Å². The van der Waals surface area contributed by atoms with Gasteiger partial charge in [-0.3, -0.25) is 25.2 Å². The van der Waals surface area contributed by atoms with Gasteiger partial charge in [0.2, 0.25) is 0 Å². The number of rotatable bonds is 5. The molecule has 1 aliphatic carbocycles. The fourth-order valence-corrected chi connectivity index (χ4v) is 4.05. The van der Waals surface area contributed by atoms with Crippen molar-refractivity contribution in [2.24, 2.45) is 5.92 Å². The van der Waals surface area contributed by atoms with Crippen LogP contribution in [0.3, 0.4) is 0 Å². The summed E-state index contributed by atoms with van der Waals surface area (Å²) < 4.78 is 4.93. The number of carbonyl (C=O) groups excluding carboxylic acids is 3. The van der Waals surface area contributed by atoms with E-state index in [1.807, 2.05) is 6.07 Å². The highest BCUT2D eigenvalue weighted by Crippen LogP contribution is 2.33. The smallest absolute Gasteiger partial charge is 0.287 e. The van der Waals surface area contributed by atoms with Crippen LogP contribution in [0.25, 0.3) is 0 Å². The largest absolute Gasteiger partial charge is 0.459 e. The Hall–Kier alpha value is -2.61. The van der Waals surface area contributed by atoms with Crippen LogP contribution in [0.2, 0.25) is 0 Å². The second-order valence-electron chi connectivity index (χ2n) is 6.24. The Labute approximate surface area is 155 Å². The average Bonchev–Trinajstić information content (AvgIpc) is 3.32. The lowest BCUT2D eigenvalue weighted by atomic mass is 9.87. The predicted octanol–water partition coefficient (Wildman–Crippen LogP) is 2.05. The van der Waals surface area contributed by atoms with Crippen LogP contribution in [0.15, 0.2) is 28.9 Å². The molecule has 138 valence electrons. The van der Waals surface area contributed by atoms with Crippen LogP contribution in [0.1, 0.15) is 50.4 Å². The van der Waals surface area contributed by atoms with Gasteiger partial charge in [0.15, 0.2) is 5.76 Å². The Morgan fingerprint density at radius 2 is 2.12 bits per heavy atom. The minimum atomic E-state index is -0.523. The van der Waals surface area contributed by atoms with Crippen molar-refractivity contribution in [1.29, 1.82) is 0 Å². The molecule has 8 heteroatoms. The number of nitrogens with one attached hydrogen (secondary N) is 3. The fraction of sp³-hybridized carbons (Fsp3) is 0.389. The average molecular weight is 375 g/mol. The third kappa shape index (κ3) is 4.32. The van der Waals surface area contributed by atoms with Gasteiger partial charge >= 0.3 is 0 Å². The molecule has 0 bridgehead atoms. The Morgan fingerprint density at radius 1 is 1.27 bits per heavy atom. The van der Waals surface area contributed by atoms with E-state index in [-0.39, 0.29) is 18.2 Å². The molecule has 2 aromatic heterocycles. The molecule has 0 radical (unpaired) electrons. The van der Waals surface area contributed by atoms with E-state index < -0.39 is 11.8 Å². The number of carbonyl (C=O) groups is 3. The fourth-order valence-electron chi connectivity index (χ4n) is 2.95. The van der Waals surface area contributed by atoms with Crippen molar-refractivity contribution in [2.45, 2.75) is 32.6 Å². The molecule has 0 aliphatic heterocycles. The quantitative estimate of drug-likeness (QED) is 0.696. The van der Waals surface area contributed by atoms with Crippen molar-refractivity contribution in [1.82, 2.24) is 16.2 Å². The van der Waals surface area contributed by atoms with Gasteiger partial charge in [0.25, 0.3) is 17.7 Å². The van der Waals surface area contributed by atoms with Crippen molar-refractivity contribution in [3.8, 4) is 0 Å². The van der Waals surface area contributed by atoms with E-state index in [4.69, 9.17) is 4.42 Å². The zero-order chi connectivity index (χ0) is 18.5. The lowest BCUT2D eigenvalue weighted by molar-refractivity contribution is -0.120. The Bertz CT molecular complexity index is 797. The highest BCUT2D eigenvalue weighted by molar-refractivity contribution is 7.14. The summed E-state index contributed by atoms with van der Waals surface area (Å²) in [5, 5.41) is 2.41. The molecule has 0 fully saturated rings. The maximum absolute atomic E-state index is 12.2. The Balaban J connectivity index is 1.46. The SMILES string of the molecule is CC[C@@H]1CCc2sc(C(=O)NNC(=O)CNC(=O)c3ccco3)cc2C1. The first-order valence-electron chi connectivity index (χ1n) is 8.59. The van der Waals surface area contributed by atoms with Gasteiger partial charge < -0.3 is 9.73 Å². The first kappa shape index (κ1) is 18.2. The molecule has 0 saturated carbocycles. The zero-order valence-corrected chi connectivity index (χ0v) is 15.3. The van der Waals surface area contributed by atoms with E-state index in [2.05, 4.69) is 23.1 Å². The molecule has 1 aliphatic rings. The van der Waals surface area contributed by atoms with Crippen LogP contribution in [0.5, 0.6) is 0 Å². The molecule has 0 spiro atoms. The Morgan fingerprint density at radius 3 is 2.85 bits per heavy atom. The standard InChI is InChI=1S/C18H21N3O4S/c1-2-11-5-6-14-12(8-11)9-15(26-14)18(24)21-20-16(22)10-19-17(23)13-4-3-7-25-13/h3-4,7,9,11H,2,5-6,8,10H2,1H3,(H,19,23)(H,20,22)(H,21,24)/t11-/m1/s1. The number of amides is 3. The minimum absolute atomic E-state index is 0.122. The van der Waals surface area contributed by atoms with E-state index in [9.17, 15) is 14.4 Å². The third-order valence-electron chi connectivity index (χ3n) is 4.46. The van der Waals surface area contributed by atoms with Crippen LogP contribution in [-0.2, 0) is 17.6 Å². The number of thiophene rings is 1. The normalized spacial score (nSPS) is 15.8. The molecule has 0 unspecified atom stereocenters. The molecule has 2 aromatic rings. The number of hydrogen-bond donors (Lipinski definition) is 3. The van der Waals surface area contributed by atoms with Crippen LogP contribution in [0.4, 0.5) is 0 Å². The number of hydrazine groups is 1. The van der Waals surface area contributed by atoms with Crippen LogP contribution < -0.4 is 16.2 Å². The molecule has 2 heterocycles. The van der Waals surface area contributed by atoms with Gasteiger partial charge in [-0.05, 0) is 48.9 Å². The van der Waals surface area contributed by atoms with Crippen molar-refractivity contribution >= 4 is 29.1 Å². The molecule has 3 rings (SSSR count). The summed E-state index contributed by atoms with van der Waals surface area (Å²) in [5.74, 6) is -0.552. The lowest BCUT2D eigenvalue weighted by Gasteiger charge is -2.19. The summed E-state index contributed by atoms with van der Waals surface area (Å²) in [6, 6.07) is 5.00. The first-order chi connectivity index (χ1) is 12.6. The molecule has 0 saturated heterocycles. The van der Waals surface area contributed by atoms with Crippen molar-refractivity contribution in [3.63, 3.8) is 0 Å². The summed E-state index contributed by atoms with van der Waals surface area (Å²) in [7, 11) is 0. The van der Waals surface area contributed by atoms with Crippen LogP contribution in [0, 0.1) is 5.92 Å². The second kappa shape index (κ2) is 8.18. The monoisotopic (exact) mass is 375 g/mol. The molecule has 3 N–H and O–H groups in total. The lowest BCUT2D eigenvalue weighted by Crippen LogP contribution is -2.46. The van der Waals surface area contributed by atoms with Gasteiger partial charge in [0.05, 0.1) is 17.7 Å². The van der Waals surface area contributed by atoms with E-state index in [1.165, 1.54) is 34.1 Å². The summed E-state index contributed by atoms with van der Waals surface area (Å²) >= 11 is 1.48. The molecule has 7 nitrogen and oxygen atoms in total. The van der Waals surface area contributed by atoms with Crippen LogP contribution >= 0.6 is 11.3 Å². The minimum Gasteiger partial charge on any atom is -0.459 e. The molecule has 26 heavy (non-hydrogen) atoms. The highest BCUT2D eigenvalue weighted by atomic mass is 32.1. The maximum Gasteiger partial charge on any atom is 0.287 e. The van der Waals surface area contributed by atoms with E-state index in [1.54, 1.807) is 6.07 Å². The summed E-state index contributed by atoms with van der Waals surface area (Å²) in [4.78, 5) is 37.5. The topological polar surface area (TPSA) is 100 Å².